The fourth-order valence-corrected chi connectivity index (χ4v) is 3.64. The Kier molecular flexibility index (Phi) is 6.20. The van der Waals surface area contributed by atoms with Gasteiger partial charge in [0.1, 0.15) is 0 Å². The van der Waals surface area contributed by atoms with Gasteiger partial charge < -0.3 is 0 Å². The summed E-state index contributed by atoms with van der Waals surface area (Å²) >= 11 is 0. The third-order valence-electron chi connectivity index (χ3n) is 5.08. The molecule has 1 aliphatic rings. The molecule has 0 heterocycles. The highest BCUT2D eigenvalue weighted by Gasteiger charge is 2.25. The number of hydrogen-bond donors (Lipinski definition) is 0. The van der Waals surface area contributed by atoms with Gasteiger partial charge in [0.2, 0.25) is 0 Å². The highest BCUT2D eigenvalue weighted by molar-refractivity contribution is 5.29. The van der Waals surface area contributed by atoms with E-state index in [1.165, 1.54) is 38.5 Å². The summed E-state index contributed by atoms with van der Waals surface area (Å²) < 4.78 is 28.1. The quantitative estimate of drug-likeness (QED) is 0.534. The predicted octanol–water partition coefficient (Wildman–Crippen LogP) is 6.38. The van der Waals surface area contributed by atoms with Gasteiger partial charge in [-0.2, -0.15) is 0 Å². The highest BCUT2D eigenvalue weighted by Crippen LogP contribution is 2.39. The molecule has 0 nitrogen and oxygen atoms in total. The molecule has 1 fully saturated rings. The van der Waals surface area contributed by atoms with Crippen LogP contribution in [0.1, 0.15) is 82.3 Å². The number of rotatable bonds is 6. The smallest absolute Gasteiger partial charge is 0.162 e. The van der Waals surface area contributed by atoms with Gasteiger partial charge in [-0.3, -0.25) is 0 Å². The van der Waals surface area contributed by atoms with Crippen LogP contribution in [0.3, 0.4) is 0 Å². The van der Waals surface area contributed by atoms with Crippen LogP contribution in [0.5, 0.6) is 0 Å². The molecule has 0 spiro atoms. The number of aryl methyl sites for hydroxylation is 1. The number of hydrogen-bond acceptors (Lipinski definition) is 0. The number of unbranched alkanes of at least 4 members (excludes halogenated alkanes) is 2. The minimum absolute atomic E-state index is 0.216. The van der Waals surface area contributed by atoms with Crippen LogP contribution in [0.2, 0.25) is 0 Å². The lowest BCUT2D eigenvalue weighted by atomic mass is 9.76. The standard InChI is InChI=1S/C19H28F2/c1-3-5-6-7-14-8-10-16(11-9-14)17-13-12-15(4-2)18(20)19(17)21/h12-14,16H,3-11H2,1-2H3. The van der Waals surface area contributed by atoms with Gasteiger partial charge in [0, 0.05) is 0 Å². The maximum absolute atomic E-state index is 14.2. The summed E-state index contributed by atoms with van der Waals surface area (Å²) in [5.41, 5.74) is 1.10. The van der Waals surface area contributed by atoms with Crippen LogP contribution in [-0.4, -0.2) is 0 Å². The third kappa shape index (κ3) is 4.05. The molecular weight excluding hydrogens is 266 g/mol. The first kappa shape index (κ1) is 16.5. The van der Waals surface area contributed by atoms with Crippen LogP contribution in [-0.2, 0) is 6.42 Å². The second kappa shape index (κ2) is 7.91. The van der Waals surface area contributed by atoms with Gasteiger partial charge in [-0.05, 0) is 55.1 Å². The first-order valence-corrected chi connectivity index (χ1v) is 8.64. The van der Waals surface area contributed by atoms with Gasteiger partial charge in [0.15, 0.2) is 11.6 Å². The lowest BCUT2D eigenvalue weighted by molar-refractivity contribution is 0.297. The molecular formula is C19H28F2. The van der Waals surface area contributed by atoms with Crippen LogP contribution < -0.4 is 0 Å². The molecule has 0 aliphatic heterocycles. The Labute approximate surface area is 128 Å². The van der Waals surface area contributed by atoms with E-state index >= 15 is 0 Å². The van der Waals surface area contributed by atoms with Crippen LogP contribution >= 0.6 is 0 Å². The Morgan fingerprint density at radius 1 is 0.952 bits per heavy atom. The monoisotopic (exact) mass is 294 g/mol. The largest absolute Gasteiger partial charge is 0.203 e. The second-order valence-corrected chi connectivity index (χ2v) is 6.51. The van der Waals surface area contributed by atoms with E-state index in [9.17, 15) is 8.78 Å². The molecule has 0 bridgehead atoms. The highest BCUT2D eigenvalue weighted by atomic mass is 19.2. The summed E-state index contributed by atoms with van der Waals surface area (Å²) in [5, 5.41) is 0. The second-order valence-electron chi connectivity index (χ2n) is 6.51. The molecule has 0 atom stereocenters. The van der Waals surface area contributed by atoms with Crippen molar-refractivity contribution < 1.29 is 8.78 Å². The molecule has 0 aromatic heterocycles. The predicted molar refractivity (Wildman–Crippen MR) is 84.6 cm³/mol. The van der Waals surface area contributed by atoms with Gasteiger partial charge >= 0.3 is 0 Å². The van der Waals surface area contributed by atoms with Crippen LogP contribution in [0, 0.1) is 17.6 Å². The minimum Gasteiger partial charge on any atom is -0.203 e. The molecule has 2 rings (SSSR count). The zero-order chi connectivity index (χ0) is 15.2. The number of benzene rings is 1. The zero-order valence-corrected chi connectivity index (χ0v) is 13.4. The van der Waals surface area contributed by atoms with Gasteiger partial charge in [0.25, 0.3) is 0 Å². The normalized spacial score (nSPS) is 22.5. The van der Waals surface area contributed by atoms with E-state index in [-0.39, 0.29) is 5.92 Å². The third-order valence-corrected chi connectivity index (χ3v) is 5.08. The zero-order valence-electron chi connectivity index (χ0n) is 13.4. The van der Waals surface area contributed by atoms with Crippen molar-refractivity contribution >= 4 is 0 Å². The lowest BCUT2D eigenvalue weighted by Gasteiger charge is -2.29. The minimum atomic E-state index is -0.625. The molecule has 1 aromatic rings. The molecule has 2 heteroatoms. The molecule has 0 saturated heterocycles. The molecule has 21 heavy (non-hydrogen) atoms. The Morgan fingerprint density at radius 2 is 1.67 bits per heavy atom. The van der Waals surface area contributed by atoms with Crippen molar-refractivity contribution in [2.24, 2.45) is 5.92 Å². The molecule has 1 aliphatic carbocycles. The molecule has 0 N–H and O–H groups in total. The van der Waals surface area contributed by atoms with Gasteiger partial charge in [0.05, 0.1) is 0 Å². The van der Waals surface area contributed by atoms with E-state index in [0.29, 0.717) is 17.5 Å². The van der Waals surface area contributed by atoms with E-state index in [1.807, 2.05) is 13.0 Å². The molecule has 0 unspecified atom stereocenters. The maximum atomic E-state index is 14.2. The Bertz CT molecular complexity index is 445. The van der Waals surface area contributed by atoms with Crippen molar-refractivity contribution in [3.05, 3.63) is 34.9 Å². The van der Waals surface area contributed by atoms with Crippen molar-refractivity contribution in [1.82, 2.24) is 0 Å². The summed E-state index contributed by atoms with van der Waals surface area (Å²) in [6.45, 7) is 4.09. The maximum Gasteiger partial charge on any atom is 0.162 e. The van der Waals surface area contributed by atoms with Gasteiger partial charge in [-0.15, -0.1) is 0 Å². The Balaban J connectivity index is 1.95. The average molecular weight is 294 g/mol. The Hall–Kier alpha value is -0.920. The van der Waals surface area contributed by atoms with Crippen molar-refractivity contribution in [2.45, 2.75) is 77.6 Å². The topological polar surface area (TPSA) is 0 Å². The summed E-state index contributed by atoms with van der Waals surface area (Å²) in [6, 6.07) is 3.58. The summed E-state index contributed by atoms with van der Waals surface area (Å²) in [7, 11) is 0. The van der Waals surface area contributed by atoms with Crippen LogP contribution in [0.4, 0.5) is 8.78 Å². The van der Waals surface area contributed by atoms with Gasteiger partial charge in [-0.1, -0.05) is 51.7 Å². The molecule has 1 aromatic carbocycles. The van der Waals surface area contributed by atoms with E-state index in [0.717, 1.165) is 18.8 Å². The summed E-state index contributed by atoms with van der Waals surface area (Å²) in [6.07, 6.45) is 10.1. The SMILES string of the molecule is CCCCCC1CCC(c2ccc(CC)c(F)c2F)CC1. The van der Waals surface area contributed by atoms with E-state index in [1.54, 1.807) is 6.07 Å². The van der Waals surface area contributed by atoms with Crippen molar-refractivity contribution in [3.63, 3.8) is 0 Å². The van der Waals surface area contributed by atoms with E-state index in [2.05, 4.69) is 6.92 Å². The fraction of sp³-hybridized carbons (Fsp3) is 0.684. The van der Waals surface area contributed by atoms with Gasteiger partial charge in [-0.25, -0.2) is 8.78 Å². The van der Waals surface area contributed by atoms with E-state index < -0.39 is 11.6 Å². The van der Waals surface area contributed by atoms with Crippen molar-refractivity contribution in [1.29, 1.82) is 0 Å². The average Bonchev–Trinajstić information content (AvgIpc) is 2.51. The summed E-state index contributed by atoms with van der Waals surface area (Å²) in [5.74, 6) is -0.202. The van der Waals surface area contributed by atoms with Crippen LogP contribution in [0.15, 0.2) is 12.1 Å². The molecule has 0 radical (unpaired) electrons. The first-order chi connectivity index (χ1) is 10.2. The van der Waals surface area contributed by atoms with Crippen molar-refractivity contribution in [3.8, 4) is 0 Å². The van der Waals surface area contributed by atoms with E-state index in [4.69, 9.17) is 0 Å². The molecule has 0 amide bonds. The molecule has 1 saturated carbocycles. The summed E-state index contributed by atoms with van der Waals surface area (Å²) in [4.78, 5) is 0. The number of halogens is 2. The van der Waals surface area contributed by atoms with Crippen molar-refractivity contribution in [2.75, 3.05) is 0 Å². The Morgan fingerprint density at radius 3 is 2.29 bits per heavy atom. The lowest BCUT2D eigenvalue weighted by Crippen LogP contribution is -2.15. The first-order valence-electron chi connectivity index (χ1n) is 8.64. The molecule has 118 valence electrons. The fourth-order valence-electron chi connectivity index (χ4n) is 3.64. The van der Waals surface area contributed by atoms with Crippen LogP contribution in [0.25, 0.3) is 0 Å².